The van der Waals surface area contributed by atoms with Crippen molar-refractivity contribution in [2.45, 2.75) is 26.7 Å². The average molecular weight is 356 g/mol. The fourth-order valence-corrected chi connectivity index (χ4v) is 3.54. The SMILES string of the molecule is Cc1ccc(N(c2ccc(C)cc2)c2ccc(N3CCCC3=O)cc2)cc1. The Labute approximate surface area is 160 Å². The van der Waals surface area contributed by atoms with Crippen molar-refractivity contribution in [1.29, 1.82) is 0 Å². The Bertz CT molecular complexity index is 882. The number of hydrogen-bond donors (Lipinski definition) is 0. The van der Waals surface area contributed by atoms with Gasteiger partial charge < -0.3 is 9.80 Å². The molecule has 0 aliphatic carbocycles. The minimum Gasteiger partial charge on any atom is -0.312 e. The first kappa shape index (κ1) is 17.3. The Morgan fingerprint density at radius 3 is 1.56 bits per heavy atom. The molecule has 136 valence electrons. The molecule has 0 atom stereocenters. The lowest BCUT2D eigenvalue weighted by atomic mass is 10.1. The van der Waals surface area contributed by atoms with Gasteiger partial charge in [-0.1, -0.05) is 35.4 Å². The topological polar surface area (TPSA) is 23.6 Å². The molecular weight excluding hydrogens is 332 g/mol. The lowest BCUT2D eigenvalue weighted by Gasteiger charge is -2.26. The summed E-state index contributed by atoms with van der Waals surface area (Å²) < 4.78 is 0. The van der Waals surface area contributed by atoms with Gasteiger partial charge in [0.1, 0.15) is 0 Å². The molecule has 1 heterocycles. The van der Waals surface area contributed by atoms with E-state index in [0.29, 0.717) is 6.42 Å². The largest absolute Gasteiger partial charge is 0.312 e. The summed E-state index contributed by atoms with van der Waals surface area (Å²) in [7, 11) is 0. The van der Waals surface area contributed by atoms with E-state index in [1.54, 1.807) is 0 Å². The van der Waals surface area contributed by atoms with Crippen LogP contribution in [0.2, 0.25) is 0 Å². The summed E-state index contributed by atoms with van der Waals surface area (Å²) in [6.45, 7) is 5.02. The van der Waals surface area contributed by atoms with Gasteiger partial charge in [-0.05, 0) is 68.8 Å². The van der Waals surface area contributed by atoms with E-state index >= 15 is 0 Å². The number of hydrogen-bond acceptors (Lipinski definition) is 2. The molecule has 1 saturated heterocycles. The highest BCUT2D eigenvalue weighted by Crippen LogP contribution is 2.36. The van der Waals surface area contributed by atoms with E-state index in [4.69, 9.17) is 0 Å². The van der Waals surface area contributed by atoms with Crippen molar-refractivity contribution < 1.29 is 4.79 Å². The third-order valence-corrected chi connectivity index (χ3v) is 5.08. The third kappa shape index (κ3) is 3.59. The van der Waals surface area contributed by atoms with Gasteiger partial charge in [-0.3, -0.25) is 4.79 Å². The van der Waals surface area contributed by atoms with Crippen LogP contribution >= 0.6 is 0 Å². The van der Waals surface area contributed by atoms with Gasteiger partial charge in [0.15, 0.2) is 0 Å². The highest BCUT2D eigenvalue weighted by molar-refractivity contribution is 5.95. The Morgan fingerprint density at radius 2 is 1.15 bits per heavy atom. The van der Waals surface area contributed by atoms with E-state index in [1.165, 1.54) is 11.1 Å². The van der Waals surface area contributed by atoms with E-state index in [-0.39, 0.29) is 5.91 Å². The molecule has 27 heavy (non-hydrogen) atoms. The summed E-state index contributed by atoms with van der Waals surface area (Å²) in [5, 5.41) is 0. The molecule has 0 saturated carbocycles. The summed E-state index contributed by atoms with van der Waals surface area (Å²) in [4.78, 5) is 16.1. The highest BCUT2D eigenvalue weighted by Gasteiger charge is 2.22. The lowest BCUT2D eigenvalue weighted by molar-refractivity contribution is -0.117. The second-order valence-electron chi connectivity index (χ2n) is 7.17. The van der Waals surface area contributed by atoms with Crippen molar-refractivity contribution in [3.63, 3.8) is 0 Å². The molecule has 1 amide bonds. The molecule has 0 bridgehead atoms. The molecule has 4 rings (SSSR count). The Kier molecular flexibility index (Phi) is 4.68. The van der Waals surface area contributed by atoms with Gasteiger partial charge in [-0.15, -0.1) is 0 Å². The fourth-order valence-electron chi connectivity index (χ4n) is 3.54. The van der Waals surface area contributed by atoms with Crippen LogP contribution in [0.1, 0.15) is 24.0 Å². The quantitative estimate of drug-likeness (QED) is 0.581. The predicted molar refractivity (Wildman–Crippen MR) is 112 cm³/mol. The third-order valence-electron chi connectivity index (χ3n) is 5.08. The lowest BCUT2D eigenvalue weighted by Crippen LogP contribution is -2.23. The van der Waals surface area contributed by atoms with Crippen LogP contribution in [0.4, 0.5) is 22.7 Å². The maximum Gasteiger partial charge on any atom is 0.227 e. The summed E-state index contributed by atoms with van der Waals surface area (Å²) in [6.07, 6.45) is 1.60. The van der Waals surface area contributed by atoms with Crippen molar-refractivity contribution in [2.75, 3.05) is 16.3 Å². The maximum atomic E-state index is 12.0. The van der Waals surface area contributed by atoms with E-state index in [1.807, 2.05) is 17.0 Å². The summed E-state index contributed by atoms with van der Waals surface area (Å²) in [5.74, 6) is 0.219. The number of carbonyl (C=O) groups is 1. The molecule has 3 nitrogen and oxygen atoms in total. The first-order chi connectivity index (χ1) is 13.1. The zero-order valence-electron chi connectivity index (χ0n) is 15.9. The number of anilines is 4. The van der Waals surface area contributed by atoms with Gasteiger partial charge in [0.25, 0.3) is 0 Å². The first-order valence-electron chi connectivity index (χ1n) is 9.46. The molecule has 0 N–H and O–H groups in total. The number of rotatable bonds is 4. The molecular formula is C24H24N2O. The number of benzene rings is 3. The molecule has 0 unspecified atom stereocenters. The van der Waals surface area contributed by atoms with Gasteiger partial charge >= 0.3 is 0 Å². The van der Waals surface area contributed by atoms with Crippen LogP contribution in [0.5, 0.6) is 0 Å². The summed E-state index contributed by atoms with van der Waals surface area (Å²) in [6, 6.07) is 25.4. The summed E-state index contributed by atoms with van der Waals surface area (Å²) >= 11 is 0. The molecule has 3 aromatic carbocycles. The molecule has 0 radical (unpaired) electrons. The van der Waals surface area contributed by atoms with E-state index in [9.17, 15) is 4.79 Å². The molecule has 0 spiro atoms. The van der Waals surface area contributed by atoms with Crippen molar-refractivity contribution in [3.05, 3.63) is 83.9 Å². The predicted octanol–water partition coefficient (Wildman–Crippen LogP) is 5.90. The fraction of sp³-hybridized carbons (Fsp3) is 0.208. The van der Waals surface area contributed by atoms with Crippen LogP contribution < -0.4 is 9.80 Å². The second kappa shape index (κ2) is 7.28. The van der Waals surface area contributed by atoms with Crippen LogP contribution in [-0.4, -0.2) is 12.5 Å². The minimum absolute atomic E-state index is 0.219. The normalized spacial score (nSPS) is 13.9. The van der Waals surface area contributed by atoms with Crippen molar-refractivity contribution in [1.82, 2.24) is 0 Å². The van der Waals surface area contributed by atoms with Crippen LogP contribution in [0, 0.1) is 13.8 Å². The standard InChI is InChI=1S/C24H24N2O/c1-18-5-9-21(10-6-18)26(22-11-7-19(2)8-12-22)23-15-13-20(14-16-23)25-17-3-4-24(25)27/h5-16H,3-4,17H2,1-2H3. The molecule has 1 fully saturated rings. The van der Waals surface area contributed by atoms with Gasteiger partial charge in [0.05, 0.1) is 0 Å². The van der Waals surface area contributed by atoms with Gasteiger partial charge in [0.2, 0.25) is 5.91 Å². The minimum atomic E-state index is 0.219. The Balaban J connectivity index is 1.72. The van der Waals surface area contributed by atoms with E-state index in [2.05, 4.69) is 79.4 Å². The molecule has 1 aliphatic rings. The number of nitrogens with zero attached hydrogens (tertiary/aromatic N) is 2. The average Bonchev–Trinajstić information content (AvgIpc) is 3.11. The van der Waals surface area contributed by atoms with Crippen molar-refractivity contribution >= 4 is 28.7 Å². The molecule has 3 heteroatoms. The van der Waals surface area contributed by atoms with Crippen molar-refractivity contribution in [3.8, 4) is 0 Å². The number of aryl methyl sites for hydroxylation is 2. The van der Waals surface area contributed by atoms with Crippen LogP contribution in [0.15, 0.2) is 72.8 Å². The van der Waals surface area contributed by atoms with Gasteiger partial charge in [-0.25, -0.2) is 0 Å². The Hall–Kier alpha value is -3.07. The van der Waals surface area contributed by atoms with Crippen molar-refractivity contribution in [2.24, 2.45) is 0 Å². The van der Waals surface area contributed by atoms with Crippen LogP contribution in [-0.2, 0) is 4.79 Å². The number of carbonyl (C=O) groups excluding carboxylic acids is 1. The smallest absolute Gasteiger partial charge is 0.227 e. The zero-order chi connectivity index (χ0) is 18.8. The molecule has 0 aromatic heterocycles. The number of amides is 1. The van der Waals surface area contributed by atoms with Crippen LogP contribution in [0.25, 0.3) is 0 Å². The Morgan fingerprint density at radius 1 is 0.704 bits per heavy atom. The maximum absolute atomic E-state index is 12.0. The second-order valence-corrected chi connectivity index (χ2v) is 7.17. The van der Waals surface area contributed by atoms with E-state index in [0.717, 1.165) is 35.7 Å². The zero-order valence-corrected chi connectivity index (χ0v) is 15.9. The highest BCUT2D eigenvalue weighted by atomic mass is 16.2. The monoisotopic (exact) mass is 356 g/mol. The molecule has 3 aromatic rings. The van der Waals surface area contributed by atoms with Gasteiger partial charge in [0, 0.05) is 35.7 Å². The molecule has 1 aliphatic heterocycles. The van der Waals surface area contributed by atoms with E-state index < -0.39 is 0 Å². The van der Waals surface area contributed by atoms with Gasteiger partial charge in [-0.2, -0.15) is 0 Å². The first-order valence-corrected chi connectivity index (χ1v) is 9.46. The summed E-state index contributed by atoms with van der Waals surface area (Å²) in [5.41, 5.74) is 6.78. The van der Waals surface area contributed by atoms with Crippen LogP contribution in [0.3, 0.4) is 0 Å².